The van der Waals surface area contributed by atoms with Crippen LogP contribution < -0.4 is 0 Å². The Hall–Kier alpha value is -0.324. The second-order valence-electron chi connectivity index (χ2n) is 2.67. The molecule has 0 saturated heterocycles. The Bertz CT molecular complexity index is 311. The Morgan fingerprint density at radius 2 is 0.800 bits per heavy atom. The third-order valence-electron chi connectivity index (χ3n) is 1.51. The van der Waals surface area contributed by atoms with Crippen molar-refractivity contribution in [1.29, 1.82) is 0 Å². The van der Waals surface area contributed by atoms with E-state index >= 15 is 0 Å². The predicted molar refractivity (Wildman–Crippen MR) is 63.4 cm³/mol. The van der Waals surface area contributed by atoms with E-state index in [-0.39, 0.29) is 51.4 Å². The molecule has 2 aromatic carbocycles. The first-order valence-electron chi connectivity index (χ1n) is 4.27. The number of phenols is 2. The number of hydrogen-bond donors (Lipinski definition) is 2. The fourth-order valence-electron chi connectivity index (χ4n) is 0.856. The Balaban J connectivity index is 0.000000245. The van der Waals surface area contributed by atoms with Gasteiger partial charge in [-0.05, 0) is 24.3 Å². The molecule has 3 heteroatoms. The van der Waals surface area contributed by atoms with Crippen LogP contribution in [0.3, 0.4) is 0 Å². The van der Waals surface area contributed by atoms with Gasteiger partial charge in [0.05, 0.1) is 0 Å². The molecule has 0 radical (unpaired) electrons. The van der Waals surface area contributed by atoms with Crippen molar-refractivity contribution in [1.82, 2.24) is 0 Å². The average molecular weight is 228 g/mol. The van der Waals surface area contributed by atoms with Gasteiger partial charge in [0.15, 0.2) is 0 Å². The Kier molecular flexibility index (Phi) is 8.75. The van der Waals surface area contributed by atoms with Crippen LogP contribution in [0.2, 0.25) is 0 Å². The summed E-state index contributed by atoms with van der Waals surface area (Å²) in [7, 11) is 0. The maximum atomic E-state index is 8.63. The van der Waals surface area contributed by atoms with E-state index in [1.54, 1.807) is 48.5 Å². The summed E-state index contributed by atoms with van der Waals surface area (Å²) in [5, 5.41) is 17.3. The fourth-order valence-corrected chi connectivity index (χ4v) is 0.856. The molecule has 0 aliphatic carbocycles. The van der Waals surface area contributed by atoms with Crippen molar-refractivity contribution in [3.8, 4) is 11.5 Å². The van der Waals surface area contributed by atoms with Crippen LogP contribution in [0, 0.1) is 0 Å². The van der Waals surface area contributed by atoms with Gasteiger partial charge in [-0.3, -0.25) is 0 Å². The summed E-state index contributed by atoms with van der Waals surface area (Å²) in [6.45, 7) is 0. The van der Waals surface area contributed by atoms with Crippen LogP contribution in [-0.2, 0) is 0 Å². The Morgan fingerprint density at radius 1 is 0.533 bits per heavy atom. The van der Waals surface area contributed by atoms with Gasteiger partial charge in [-0.25, -0.2) is 0 Å². The molecule has 15 heavy (non-hydrogen) atoms. The van der Waals surface area contributed by atoms with Gasteiger partial charge >= 0.3 is 51.4 Å². The molecule has 2 nitrogen and oxygen atoms in total. The third-order valence-corrected chi connectivity index (χ3v) is 1.51. The van der Waals surface area contributed by atoms with Crippen molar-refractivity contribution in [3.05, 3.63) is 60.7 Å². The zero-order valence-corrected chi connectivity index (χ0v) is 7.67. The van der Waals surface area contributed by atoms with E-state index in [1.165, 1.54) is 0 Å². The van der Waals surface area contributed by atoms with E-state index in [9.17, 15) is 0 Å². The molecule has 2 N–H and O–H groups in total. The number of benzene rings is 2. The zero-order valence-electron chi connectivity index (χ0n) is 7.67. The van der Waals surface area contributed by atoms with Crippen LogP contribution in [0.5, 0.6) is 11.5 Å². The molecular formula is C12H13KO2. The van der Waals surface area contributed by atoms with Crippen molar-refractivity contribution in [2.45, 2.75) is 0 Å². The topological polar surface area (TPSA) is 40.5 Å². The first-order valence-corrected chi connectivity index (χ1v) is 4.27. The number of aromatic hydroxyl groups is 2. The van der Waals surface area contributed by atoms with Crippen molar-refractivity contribution in [2.75, 3.05) is 0 Å². The number of para-hydroxylation sites is 2. The fraction of sp³-hybridized carbons (Fsp3) is 0. The van der Waals surface area contributed by atoms with Gasteiger partial charge in [0.1, 0.15) is 11.5 Å². The van der Waals surface area contributed by atoms with Gasteiger partial charge in [0, 0.05) is 0 Å². The first-order chi connectivity index (χ1) is 6.79. The SMILES string of the molecule is Oc1ccccc1.Oc1ccccc1.[KH]. The molecule has 2 aromatic rings. The summed E-state index contributed by atoms with van der Waals surface area (Å²) >= 11 is 0. The molecule has 0 atom stereocenters. The second-order valence-corrected chi connectivity index (χ2v) is 2.67. The van der Waals surface area contributed by atoms with Crippen LogP contribution in [0.1, 0.15) is 0 Å². The third kappa shape index (κ3) is 7.59. The van der Waals surface area contributed by atoms with Crippen molar-refractivity contribution >= 4 is 51.4 Å². The molecule has 0 aliphatic heterocycles. The van der Waals surface area contributed by atoms with Crippen LogP contribution in [0.25, 0.3) is 0 Å². The van der Waals surface area contributed by atoms with Crippen molar-refractivity contribution in [3.63, 3.8) is 0 Å². The van der Waals surface area contributed by atoms with Crippen LogP contribution >= 0.6 is 0 Å². The maximum absolute atomic E-state index is 8.63. The summed E-state index contributed by atoms with van der Waals surface area (Å²) in [5.41, 5.74) is 0. The number of rotatable bonds is 0. The molecule has 2 rings (SSSR count). The summed E-state index contributed by atoms with van der Waals surface area (Å²) < 4.78 is 0. The summed E-state index contributed by atoms with van der Waals surface area (Å²) in [5.74, 6) is 0.644. The van der Waals surface area contributed by atoms with Gasteiger partial charge < -0.3 is 10.2 Å². The van der Waals surface area contributed by atoms with Gasteiger partial charge in [0.25, 0.3) is 0 Å². The van der Waals surface area contributed by atoms with E-state index < -0.39 is 0 Å². The second kappa shape index (κ2) is 8.94. The van der Waals surface area contributed by atoms with E-state index in [1.807, 2.05) is 12.1 Å². The van der Waals surface area contributed by atoms with Crippen molar-refractivity contribution in [2.24, 2.45) is 0 Å². The van der Waals surface area contributed by atoms with Gasteiger partial charge in [-0.15, -0.1) is 0 Å². The first kappa shape index (κ1) is 14.7. The predicted octanol–water partition coefficient (Wildman–Crippen LogP) is 2.14. The van der Waals surface area contributed by atoms with Crippen LogP contribution in [0.4, 0.5) is 0 Å². The summed E-state index contributed by atoms with van der Waals surface area (Å²) in [6, 6.07) is 17.4. The van der Waals surface area contributed by atoms with Gasteiger partial charge in [0.2, 0.25) is 0 Å². The Labute approximate surface area is 132 Å². The molecular weight excluding hydrogens is 215 g/mol. The molecule has 0 spiro atoms. The van der Waals surface area contributed by atoms with E-state index in [0.29, 0.717) is 11.5 Å². The minimum atomic E-state index is 0. The zero-order chi connectivity index (χ0) is 10.2. The van der Waals surface area contributed by atoms with Crippen LogP contribution in [0.15, 0.2) is 60.7 Å². The van der Waals surface area contributed by atoms with Gasteiger partial charge in [-0.2, -0.15) is 0 Å². The molecule has 0 aliphatic rings. The van der Waals surface area contributed by atoms with E-state index in [0.717, 1.165) is 0 Å². The number of phenolic OH excluding ortho intramolecular Hbond substituents is 2. The molecule has 0 unspecified atom stereocenters. The minimum absolute atomic E-state index is 0. The molecule has 0 bridgehead atoms. The number of hydrogen-bond acceptors (Lipinski definition) is 2. The van der Waals surface area contributed by atoms with E-state index in [4.69, 9.17) is 10.2 Å². The molecule has 0 saturated carbocycles. The quantitative estimate of drug-likeness (QED) is 0.678. The molecule has 0 heterocycles. The van der Waals surface area contributed by atoms with Gasteiger partial charge in [-0.1, -0.05) is 36.4 Å². The summed E-state index contributed by atoms with van der Waals surface area (Å²) in [4.78, 5) is 0. The molecule has 0 amide bonds. The van der Waals surface area contributed by atoms with Crippen LogP contribution in [-0.4, -0.2) is 61.6 Å². The monoisotopic (exact) mass is 228 g/mol. The normalized spacial score (nSPS) is 8.00. The average Bonchev–Trinajstić information content (AvgIpc) is 2.21. The molecule has 0 aromatic heterocycles. The molecule has 0 fully saturated rings. The summed E-state index contributed by atoms with van der Waals surface area (Å²) in [6.07, 6.45) is 0. The van der Waals surface area contributed by atoms with Crippen molar-refractivity contribution < 1.29 is 10.2 Å². The van der Waals surface area contributed by atoms with E-state index in [2.05, 4.69) is 0 Å². The molecule has 74 valence electrons. The standard InChI is InChI=1S/2C6H6O.K.H/c2*7-6-4-2-1-3-5-6;;/h2*1-5,7H;;. The Morgan fingerprint density at radius 3 is 0.933 bits per heavy atom.